The highest BCUT2D eigenvalue weighted by Gasteiger charge is 2.19. The molecule has 1 atom stereocenters. The molecule has 3 heteroatoms. The fourth-order valence-corrected chi connectivity index (χ4v) is 4.08. The minimum atomic E-state index is 0.0555. The molecule has 0 amide bonds. The lowest BCUT2D eigenvalue weighted by molar-refractivity contribution is -0.120. The van der Waals surface area contributed by atoms with Gasteiger partial charge < -0.3 is 9.64 Å². The van der Waals surface area contributed by atoms with Crippen molar-refractivity contribution in [2.75, 3.05) is 18.1 Å². The topological polar surface area (TPSA) is 29.5 Å². The molecular formula is C27H29NO2. The van der Waals surface area contributed by atoms with Crippen molar-refractivity contribution in [2.24, 2.45) is 5.92 Å². The number of Topliss-reactive ketones (excluding diaryl/α,β-unsaturated/α-hetero) is 1. The maximum Gasteiger partial charge on any atom is 0.132 e. The molecule has 0 saturated carbocycles. The van der Waals surface area contributed by atoms with Crippen LogP contribution < -0.4 is 9.64 Å². The number of nitrogens with zero attached hydrogens (tertiary/aromatic N) is 1. The second kappa shape index (κ2) is 9.17. The number of ketones is 1. The van der Waals surface area contributed by atoms with Crippen LogP contribution in [-0.2, 0) is 24.1 Å². The van der Waals surface area contributed by atoms with Crippen molar-refractivity contribution < 1.29 is 9.53 Å². The van der Waals surface area contributed by atoms with Crippen LogP contribution >= 0.6 is 0 Å². The SMILES string of the molecule is CC(=O)C(C)Cc1ccc(OCCN2c3ccccc3CCc3ccccc32)cc1. The molecule has 1 heterocycles. The van der Waals surface area contributed by atoms with Crippen LogP contribution in [0.1, 0.15) is 30.5 Å². The minimum absolute atomic E-state index is 0.0555. The lowest BCUT2D eigenvalue weighted by atomic mass is 9.98. The van der Waals surface area contributed by atoms with E-state index < -0.39 is 0 Å². The van der Waals surface area contributed by atoms with Gasteiger partial charge in [-0.3, -0.25) is 4.79 Å². The monoisotopic (exact) mass is 399 g/mol. The van der Waals surface area contributed by atoms with Crippen molar-refractivity contribution in [3.05, 3.63) is 89.5 Å². The number of ether oxygens (including phenoxy) is 1. The van der Waals surface area contributed by atoms with Gasteiger partial charge in [0.25, 0.3) is 0 Å². The first-order valence-corrected chi connectivity index (χ1v) is 10.8. The molecule has 0 radical (unpaired) electrons. The first kappa shape index (κ1) is 20.2. The zero-order valence-electron chi connectivity index (χ0n) is 17.8. The quantitative estimate of drug-likeness (QED) is 0.505. The van der Waals surface area contributed by atoms with Crippen molar-refractivity contribution in [1.29, 1.82) is 0 Å². The van der Waals surface area contributed by atoms with Crippen molar-refractivity contribution >= 4 is 17.2 Å². The Labute approximate surface area is 179 Å². The summed E-state index contributed by atoms with van der Waals surface area (Å²) >= 11 is 0. The van der Waals surface area contributed by atoms with E-state index in [-0.39, 0.29) is 11.7 Å². The van der Waals surface area contributed by atoms with Crippen LogP contribution in [0.2, 0.25) is 0 Å². The Hall–Kier alpha value is -3.07. The number of rotatable bonds is 7. The molecule has 154 valence electrons. The normalized spacial score (nSPS) is 13.7. The van der Waals surface area contributed by atoms with E-state index in [2.05, 4.69) is 65.6 Å². The van der Waals surface area contributed by atoms with Gasteiger partial charge >= 0.3 is 0 Å². The summed E-state index contributed by atoms with van der Waals surface area (Å²) in [6.45, 7) is 5.02. The summed E-state index contributed by atoms with van der Waals surface area (Å²) in [4.78, 5) is 13.9. The average Bonchev–Trinajstić information content (AvgIpc) is 2.92. The van der Waals surface area contributed by atoms with Crippen molar-refractivity contribution in [2.45, 2.75) is 33.1 Å². The van der Waals surface area contributed by atoms with Crippen LogP contribution in [0.5, 0.6) is 5.75 Å². The highest BCUT2D eigenvalue weighted by Crippen LogP contribution is 2.35. The molecule has 1 unspecified atom stereocenters. The number of benzene rings is 3. The summed E-state index contributed by atoms with van der Waals surface area (Å²) in [6.07, 6.45) is 2.90. The van der Waals surface area contributed by atoms with Gasteiger partial charge in [-0.2, -0.15) is 0 Å². The lowest BCUT2D eigenvalue weighted by Crippen LogP contribution is -2.24. The Morgan fingerprint density at radius 2 is 1.47 bits per heavy atom. The Balaban J connectivity index is 1.44. The first-order chi connectivity index (χ1) is 14.6. The number of para-hydroxylation sites is 2. The van der Waals surface area contributed by atoms with Gasteiger partial charge in [0.1, 0.15) is 18.1 Å². The van der Waals surface area contributed by atoms with Gasteiger partial charge in [-0.15, -0.1) is 0 Å². The summed E-state index contributed by atoms with van der Waals surface area (Å²) in [5.41, 5.74) is 6.50. The Bertz CT molecular complexity index is 962. The molecule has 0 saturated heterocycles. The standard InChI is InChI=1S/C27H29NO2/c1-20(21(2)29)19-22-11-15-25(16-12-22)30-18-17-28-26-9-5-3-7-23(26)13-14-24-8-4-6-10-27(24)28/h3-12,15-16,20H,13-14,17-19H2,1-2H3. The van der Waals surface area contributed by atoms with Crippen LogP contribution in [0.25, 0.3) is 0 Å². The molecule has 0 fully saturated rings. The molecule has 0 N–H and O–H groups in total. The predicted octanol–water partition coefficient (Wildman–Crippen LogP) is 5.77. The van der Waals surface area contributed by atoms with E-state index >= 15 is 0 Å². The molecule has 3 nitrogen and oxygen atoms in total. The van der Waals surface area contributed by atoms with Crippen LogP contribution in [0, 0.1) is 5.92 Å². The third-order valence-electron chi connectivity index (χ3n) is 5.97. The zero-order chi connectivity index (χ0) is 20.9. The maximum atomic E-state index is 11.5. The maximum absolute atomic E-state index is 11.5. The van der Waals surface area contributed by atoms with E-state index in [1.165, 1.54) is 28.1 Å². The van der Waals surface area contributed by atoms with Crippen LogP contribution in [0.4, 0.5) is 11.4 Å². The number of carbonyl (C=O) groups excluding carboxylic acids is 1. The van der Waals surface area contributed by atoms with E-state index in [9.17, 15) is 4.79 Å². The molecule has 3 aromatic rings. The summed E-state index contributed by atoms with van der Waals surface area (Å²) in [7, 11) is 0. The molecule has 0 bridgehead atoms. The van der Waals surface area contributed by atoms with Crippen LogP contribution in [-0.4, -0.2) is 18.9 Å². The summed E-state index contributed by atoms with van der Waals surface area (Å²) in [5.74, 6) is 1.15. The number of hydrogen-bond donors (Lipinski definition) is 0. The Kier molecular flexibility index (Phi) is 6.18. The number of carbonyl (C=O) groups is 1. The molecular weight excluding hydrogens is 370 g/mol. The van der Waals surface area contributed by atoms with Gasteiger partial charge in [0.2, 0.25) is 0 Å². The summed E-state index contributed by atoms with van der Waals surface area (Å²) in [6, 6.07) is 25.5. The highest BCUT2D eigenvalue weighted by molar-refractivity contribution is 5.78. The lowest BCUT2D eigenvalue weighted by Gasteiger charge is -2.27. The molecule has 1 aliphatic rings. The van der Waals surface area contributed by atoms with Gasteiger partial charge in [-0.05, 0) is 67.1 Å². The number of fused-ring (bicyclic) bond motifs is 2. The second-order valence-electron chi connectivity index (χ2n) is 8.12. The number of aryl methyl sites for hydroxylation is 2. The van der Waals surface area contributed by atoms with Gasteiger partial charge in [0.05, 0.1) is 6.54 Å². The van der Waals surface area contributed by atoms with Gasteiger partial charge in [0.15, 0.2) is 0 Å². The largest absolute Gasteiger partial charge is 0.492 e. The fraction of sp³-hybridized carbons (Fsp3) is 0.296. The fourth-order valence-electron chi connectivity index (χ4n) is 4.08. The Morgan fingerprint density at radius 3 is 2.03 bits per heavy atom. The third-order valence-corrected chi connectivity index (χ3v) is 5.97. The number of hydrogen-bond acceptors (Lipinski definition) is 3. The van der Waals surface area contributed by atoms with E-state index in [0.29, 0.717) is 6.61 Å². The summed E-state index contributed by atoms with van der Waals surface area (Å²) < 4.78 is 6.08. The van der Waals surface area contributed by atoms with E-state index in [1.807, 2.05) is 19.1 Å². The number of anilines is 2. The van der Waals surface area contributed by atoms with Crippen molar-refractivity contribution in [3.8, 4) is 5.75 Å². The smallest absolute Gasteiger partial charge is 0.132 e. The second-order valence-corrected chi connectivity index (χ2v) is 8.12. The van der Waals surface area contributed by atoms with Crippen LogP contribution in [0.15, 0.2) is 72.8 Å². The van der Waals surface area contributed by atoms with E-state index in [1.54, 1.807) is 6.92 Å². The van der Waals surface area contributed by atoms with Gasteiger partial charge in [-0.25, -0.2) is 0 Å². The predicted molar refractivity (Wildman–Crippen MR) is 123 cm³/mol. The third kappa shape index (κ3) is 4.56. The average molecular weight is 400 g/mol. The molecule has 0 spiro atoms. The molecule has 3 aromatic carbocycles. The molecule has 0 aliphatic carbocycles. The first-order valence-electron chi connectivity index (χ1n) is 10.8. The minimum Gasteiger partial charge on any atom is -0.492 e. The van der Waals surface area contributed by atoms with Gasteiger partial charge in [0, 0.05) is 17.3 Å². The zero-order valence-corrected chi connectivity index (χ0v) is 17.8. The Morgan fingerprint density at radius 1 is 0.900 bits per heavy atom. The molecule has 4 rings (SSSR count). The molecule has 30 heavy (non-hydrogen) atoms. The summed E-state index contributed by atoms with van der Waals surface area (Å²) in [5, 5.41) is 0. The van der Waals surface area contributed by atoms with Crippen LogP contribution in [0.3, 0.4) is 0 Å². The van der Waals surface area contributed by atoms with Crippen molar-refractivity contribution in [1.82, 2.24) is 0 Å². The van der Waals surface area contributed by atoms with Crippen molar-refractivity contribution in [3.63, 3.8) is 0 Å². The van der Waals surface area contributed by atoms with E-state index in [0.717, 1.165) is 31.6 Å². The molecule has 1 aliphatic heterocycles. The molecule has 0 aromatic heterocycles. The highest BCUT2D eigenvalue weighted by atomic mass is 16.5. The van der Waals surface area contributed by atoms with E-state index in [4.69, 9.17) is 4.74 Å². The van der Waals surface area contributed by atoms with Gasteiger partial charge in [-0.1, -0.05) is 55.5 Å².